The van der Waals surface area contributed by atoms with Gasteiger partial charge in [-0.2, -0.15) is 5.10 Å². The van der Waals surface area contributed by atoms with Gasteiger partial charge in [0.1, 0.15) is 5.82 Å². The molecular weight excluding hydrogens is 284 g/mol. The quantitative estimate of drug-likeness (QED) is 0.610. The van der Waals surface area contributed by atoms with Crippen molar-refractivity contribution >= 4 is 12.0 Å². The number of aromatic amines is 1. The summed E-state index contributed by atoms with van der Waals surface area (Å²) in [6.07, 6.45) is 1.60. The molecule has 1 aromatic carbocycles. The highest BCUT2D eigenvalue weighted by molar-refractivity contribution is 5.80. The van der Waals surface area contributed by atoms with Gasteiger partial charge in [0.2, 0.25) is 0 Å². The largest absolute Gasteiger partial charge is 0.394 e. The molecule has 7 heteroatoms. The third kappa shape index (κ3) is 3.70. The summed E-state index contributed by atoms with van der Waals surface area (Å²) in [5.41, 5.74) is 1.04. The van der Waals surface area contributed by atoms with Gasteiger partial charge in [-0.1, -0.05) is 29.8 Å². The number of aromatic nitrogens is 2. The van der Waals surface area contributed by atoms with Gasteiger partial charge in [-0.15, -0.1) is 0 Å². The minimum absolute atomic E-state index is 0.158. The molecule has 2 aromatic rings. The van der Waals surface area contributed by atoms with Crippen LogP contribution in [0.25, 0.3) is 0 Å². The number of rotatable bonds is 5. The summed E-state index contributed by atoms with van der Waals surface area (Å²) in [5.74, 6) is 0.241. The molecule has 0 saturated carbocycles. The third-order valence-corrected chi connectivity index (χ3v) is 3.14. The number of aliphatic hydroxyl groups excluding tert-OH is 1. The summed E-state index contributed by atoms with van der Waals surface area (Å²) < 4.78 is 0.963. The van der Waals surface area contributed by atoms with Crippen molar-refractivity contribution < 1.29 is 5.11 Å². The standard InChI is InChI=1S/C15H18N4O3/c1-11-3-5-12(6-4-11)10-16-19(7-8-20)13-9-14(21)18(2)15(22)17-13/h3-6,9-10,20H,7-8H2,1-2H3,(H,17,22)/b16-10-. The molecule has 0 spiro atoms. The minimum Gasteiger partial charge on any atom is -0.394 e. The van der Waals surface area contributed by atoms with Crippen LogP contribution in [-0.2, 0) is 7.05 Å². The SMILES string of the molecule is Cc1ccc(/C=N\N(CCO)c2cc(=O)n(C)c(=O)[nH]2)cc1. The van der Waals surface area contributed by atoms with E-state index in [2.05, 4.69) is 10.1 Å². The highest BCUT2D eigenvalue weighted by Gasteiger charge is 2.08. The molecule has 1 heterocycles. The van der Waals surface area contributed by atoms with E-state index in [4.69, 9.17) is 5.11 Å². The van der Waals surface area contributed by atoms with Crippen LogP contribution in [0.3, 0.4) is 0 Å². The van der Waals surface area contributed by atoms with Crippen LogP contribution in [0, 0.1) is 6.92 Å². The number of aryl methyl sites for hydroxylation is 1. The zero-order valence-electron chi connectivity index (χ0n) is 12.5. The van der Waals surface area contributed by atoms with Crippen LogP contribution in [0.15, 0.2) is 45.0 Å². The smallest absolute Gasteiger partial charge is 0.329 e. The molecule has 0 saturated heterocycles. The first-order valence-electron chi connectivity index (χ1n) is 6.80. The zero-order valence-corrected chi connectivity index (χ0v) is 12.5. The number of hydrazone groups is 1. The second-order valence-corrected chi connectivity index (χ2v) is 4.86. The van der Waals surface area contributed by atoms with Gasteiger partial charge < -0.3 is 5.11 Å². The van der Waals surface area contributed by atoms with Crippen molar-refractivity contribution in [1.82, 2.24) is 9.55 Å². The van der Waals surface area contributed by atoms with Crippen LogP contribution < -0.4 is 16.3 Å². The Hall–Kier alpha value is -2.67. The fraction of sp³-hybridized carbons (Fsp3) is 0.267. The van der Waals surface area contributed by atoms with E-state index in [1.165, 1.54) is 18.1 Å². The van der Waals surface area contributed by atoms with Crippen molar-refractivity contribution in [2.45, 2.75) is 6.92 Å². The van der Waals surface area contributed by atoms with E-state index in [1.54, 1.807) is 6.21 Å². The van der Waals surface area contributed by atoms with Gasteiger partial charge in [-0.25, -0.2) is 9.80 Å². The normalized spacial score (nSPS) is 11.0. The Labute approximate surface area is 127 Å². The lowest BCUT2D eigenvalue weighted by Gasteiger charge is -2.17. The summed E-state index contributed by atoms with van der Waals surface area (Å²) >= 11 is 0. The van der Waals surface area contributed by atoms with Crippen molar-refractivity contribution in [3.63, 3.8) is 0 Å². The van der Waals surface area contributed by atoms with Crippen LogP contribution in [-0.4, -0.2) is 34.0 Å². The maximum absolute atomic E-state index is 11.7. The highest BCUT2D eigenvalue weighted by atomic mass is 16.3. The van der Waals surface area contributed by atoms with Crippen LogP contribution in [0.1, 0.15) is 11.1 Å². The van der Waals surface area contributed by atoms with Crippen molar-refractivity contribution in [2.24, 2.45) is 12.1 Å². The predicted molar refractivity (Wildman–Crippen MR) is 85.5 cm³/mol. The number of nitrogens with zero attached hydrogens (tertiary/aromatic N) is 3. The Balaban J connectivity index is 2.32. The van der Waals surface area contributed by atoms with E-state index in [1.807, 2.05) is 31.2 Å². The molecule has 116 valence electrons. The van der Waals surface area contributed by atoms with Crippen LogP contribution in [0.4, 0.5) is 5.82 Å². The molecule has 0 radical (unpaired) electrons. The molecule has 0 aliphatic heterocycles. The van der Waals surface area contributed by atoms with E-state index in [9.17, 15) is 9.59 Å². The first-order valence-corrected chi connectivity index (χ1v) is 6.80. The van der Waals surface area contributed by atoms with E-state index in [-0.39, 0.29) is 19.0 Å². The van der Waals surface area contributed by atoms with Crippen molar-refractivity contribution in [3.8, 4) is 0 Å². The lowest BCUT2D eigenvalue weighted by atomic mass is 10.2. The topological polar surface area (TPSA) is 90.7 Å². The summed E-state index contributed by atoms with van der Waals surface area (Å²) in [7, 11) is 1.39. The second-order valence-electron chi connectivity index (χ2n) is 4.86. The maximum Gasteiger partial charge on any atom is 0.329 e. The number of benzene rings is 1. The first-order chi connectivity index (χ1) is 10.5. The summed E-state index contributed by atoms with van der Waals surface area (Å²) in [4.78, 5) is 25.9. The lowest BCUT2D eigenvalue weighted by Crippen LogP contribution is -2.35. The fourth-order valence-electron chi connectivity index (χ4n) is 1.81. The van der Waals surface area contributed by atoms with Gasteiger partial charge >= 0.3 is 5.69 Å². The average molecular weight is 302 g/mol. The molecule has 2 rings (SSSR count). The predicted octanol–water partition coefficient (Wildman–Crippen LogP) is 0.215. The number of nitrogens with one attached hydrogen (secondary N) is 1. The molecule has 0 atom stereocenters. The monoisotopic (exact) mass is 302 g/mol. The number of hydrogen-bond acceptors (Lipinski definition) is 5. The highest BCUT2D eigenvalue weighted by Crippen LogP contribution is 2.07. The lowest BCUT2D eigenvalue weighted by molar-refractivity contribution is 0.302. The van der Waals surface area contributed by atoms with Gasteiger partial charge in [0.15, 0.2) is 0 Å². The Morgan fingerprint density at radius 2 is 2.00 bits per heavy atom. The van der Waals surface area contributed by atoms with E-state index in [0.717, 1.165) is 15.7 Å². The van der Waals surface area contributed by atoms with Crippen molar-refractivity contribution in [3.05, 3.63) is 62.3 Å². The molecular formula is C15H18N4O3. The molecule has 0 aliphatic carbocycles. The Morgan fingerprint density at radius 3 is 2.59 bits per heavy atom. The summed E-state index contributed by atoms with van der Waals surface area (Å²) in [5, 5.41) is 14.7. The van der Waals surface area contributed by atoms with Gasteiger partial charge in [0.25, 0.3) is 5.56 Å². The number of H-pyrrole nitrogens is 1. The Bertz CT molecular complexity index is 743. The van der Waals surface area contributed by atoms with Crippen LogP contribution >= 0.6 is 0 Å². The number of anilines is 1. The summed E-state index contributed by atoms with van der Waals surface area (Å²) in [6.45, 7) is 1.98. The molecule has 0 aliphatic rings. The average Bonchev–Trinajstić information content (AvgIpc) is 2.50. The summed E-state index contributed by atoms with van der Waals surface area (Å²) in [6, 6.07) is 8.99. The number of aliphatic hydroxyl groups is 1. The first kappa shape index (κ1) is 15.7. The molecule has 0 amide bonds. The minimum atomic E-state index is -0.532. The second kappa shape index (κ2) is 6.86. The molecule has 0 bridgehead atoms. The Morgan fingerprint density at radius 1 is 1.32 bits per heavy atom. The molecule has 2 N–H and O–H groups in total. The Kier molecular flexibility index (Phi) is 4.90. The van der Waals surface area contributed by atoms with E-state index >= 15 is 0 Å². The molecule has 0 unspecified atom stereocenters. The van der Waals surface area contributed by atoms with Crippen LogP contribution in [0.2, 0.25) is 0 Å². The third-order valence-electron chi connectivity index (χ3n) is 3.14. The molecule has 7 nitrogen and oxygen atoms in total. The van der Waals surface area contributed by atoms with Crippen LogP contribution in [0.5, 0.6) is 0 Å². The molecule has 1 aromatic heterocycles. The zero-order chi connectivity index (χ0) is 16.1. The van der Waals surface area contributed by atoms with Crippen molar-refractivity contribution in [1.29, 1.82) is 0 Å². The van der Waals surface area contributed by atoms with Gasteiger partial charge in [0, 0.05) is 13.1 Å². The number of hydrogen-bond donors (Lipinski definition) is 2. The molecule has 22 heavy (non-hydrogen) atoms. The fourth-order valence-corrected chi connectivity index (χ4v) is 1.81. The maximum atomic E-state index is 11.7. The van der Waals surface area contributed by atoms with E-state index in [0.29, 0.717) is 0 Å². The van der Waals surface area contributed by atoms with Gasteiger partial charge in [-0.05, 0) is 12.5 Å². The van der Waals surface area contributed by atoms with E-state index < -0.39 is 11.2 Å². The molecule has 0 fully saturated rings. The van der Waals surface area contributed by atoms with Gasteiger partial charge in [-0.3, -0.25) is 14.3 Å². The van der Waals surface area contributed by atoms with Crippen molar-refractivity contribution in [2.75, 3.05) is 18.2 Å². The van der Waals surface area contributed by atoms with Gasteiger partial charge in [0.05, 0.1) is 19.4 Å².